The van der Waals surface area contributed by atoms with E-state index in [-0.39, 0.29) is 28.8 Å². The summed E-state index contributed by atoms with van der Waals surface area (Å²) < 4.78 is 30.1. The molecule has 3 unspecified atom stereocenters. The molecule has 2 aromatic rings. The fourth-order valence-electron chi connectivity index (χ4n) is 5.35. The Bertz CT molecular complexity index is 1230. The number of anilines is 2. The number of nitrogens with zero attached hydrogens (tertiary/aromatic N) is 1. The summed E-state index contributed by atoms with van der Waals surface area (Å²) in [6, 6.07) is 13.9. The number of piperidine rings is 1. The second kappa shape index (κ2) is 12.3. The van der Waals surface area contributed by atoms with Crippen LogP contribution in [-0.2, 0) is 26.0 Å². The number of primary amides is 1. The predicted octanol–water partition coefficient (Wildman–Crippen LogP) is 2.77. The van der Waals surface area contributed by atoms with Crippen molar-refractivity contribution >= 4 is 33.2 Å². The molecule has 2 saturated heterocycles. The molecule has 10 heteroatoms. The van der Waals surface area contributed by atoms with Crippen LogP contribution in [0, 0.1) is 5.92 Å². The fraction of sp³-hybridized carbons (Fsp3) is 0.500. The van der Waals surface area contributed by atoms with E-state index in [9.17, 15) is 18.0 Å². The van der Waals surface area contributed by atoms with Gasteiger partial charge in [0.05, 0.1) is 11.7 Å². The number of nitrogens with one attached hydrogen (secondary N) is 3. The van der Waals surface area contributed by atoms with Crippen LogP contribution < -0.4 is 26.0 Å². The zero-order valence-electron chi connectivity index (χ0n) is 22.2. The number of sulfonamides is 1. The van der Waals surface area contributed by atoms with Gasteiger partial charge >= 0.3 is 0 Å². The van der Waals surface area contributed by atoms with Crippen LogP contribution in [0.4, 0.5) is 11.4 Å². The molecule has 0 aromatic heterocycles. The Morgan fingerprint density at radius 2 is 1.84 bits per heavy atom. The van der Waals surface area contributed by atoms with Crippen LogP contribution in [-0.4, -0.2) is 51.4 Å². The maximum atomic E-state index is 13.8. The Balaban J connectivity index is 1.71. The van der Waals surface area contributed by atoms with Gasteiger partial charge in [0.25, 0.3) is 0 Å². The van der Waals surface area contributed by atoms with Gasteiger partial charge in [-0.15, -0.1) is 0 Å². The third-order valence-electron chi connectivity index (χ3n) is 7.40. The van der Waals surface area contributed by atoms with Crippen molar-refractivity contribution < 1.29 is 18.0 Å². The minimum absolute atomic E-state index is 0.0292. The van der Waals surface area contributed by atoms with Crippen molar-refractivity contribution in [1.82, 2.24) is 10.0 Å². The highest BCUT2D eigenvalue weighted by atomic mass is 32.2. The fourth-order valence-corrected chi connectivity index (χ4v) is 6.94. The van der Waals surface area contributed by atoms with Gasteiger partial charge in [-0.05, 0) is 74.8 Å². The molecular formula is C28H39N5O4S. The molecule has 0 bridgehead atoms. The number of benzene rings is 2. The molecule has 2 amide bonds. The van der Waals surface area contributed by atoms with Crippen molar-refractivity contribution in [2.24, 2.45) is 11.7 Å². The monoisotopic (exact) mass is 541 g/mol. The van der Waals surface area contributed by atoms with Gasteiger partial charge in [-0.1, -0.05) is 44.2 Å². The molecule has 0 spiro atoms. The number of hydrogen-bond donors (Lipinski definition) is 4. The summed E-state index contributed by atoms with van der Waals surface area (Å²) in [6.45, 7) is 4.97. The van der Waals surface area contributed by atoms with Crippen LogP contribution in [0.5, 0.6) is 0 Å². The molecule has 5 N–H and O–H groups in total. The van der Waals surface area contributed by atoms with Crippen molar-refractivity contribution in [2.45, 2.75) is 75.4 Å². The minimum atomic E-state index is -4.16. The van der Waals surface area contributed by atoms with Gasteiger partial charge in [-0.3, -0.25) is 9.59 Å². The standard InChI is InChI=1S/C28H39N5O4S/c1-19(2)26(27(29)34)32-38(36,37)25-18-21(31-28(35)23-12-8-15-30-23)13-14-24(25)33-16-7-6-11-22(33)17-20-9-4-3-5-10-20/h3-5,9-10,13-14,18-19,22-23,26,30,32H,6-8,11-12,15-17H2,1-2H3,(H2,29,34)(H,31,35). The molecule has 4 rings (SSSR count). The second-order valence-electron chi connectivity index (χ2n) is 10.6. The summed E-state index contributed by atoms with van der Waals surface area (Å²) in [4.78, 5) is 27.0. The van der Waals surface area contributed by atoms with Gasteiger partial charge in [0.1, 0.15) is 10.9 Å². The Morgan fingerprint density at radius 1 is 1.08 bits per heavy atom. The summed E-state index contributed by atoms with van der Waals surface area (Å²) in [6.07, 6.45) is 5.38. The molecule has 0 aliphatic carbocycles. The van der Waals surface area contributed by atoms with Crippen molar-refractivity contribution in [2.75, 3.05) is 23.3 Å². The first-order valence-electron chi connectivity index (χ1n) is 13.5. The average molecular weight is 542 g/mol. The van der Waals surface area contributed by atoms with E-state index in [1.165, 1.54) is 11.6 Å². The van der Waals surface area contributed by atoms with E-state index in [1.807, 2.05) is 18.2 Å². The summed E-state index contributed by atoms with van der Waals surface area (Å²) in [7, 11) is -4.16. The van der Waals surface area contributed by atoms with Gasteiger partial charge in [-0.2, -0.15) is 4.72 Å². The predicted molar refractivity (Wildman–Crippen MR) is 149 cm³/mol. The van der Waals surface area contributed by atoms with Crippen LogP contribution in [0.15, 0.2) is 53.4 Å². The lowest BCUT2D eigenvalue weighted by molar-refractivity contribution is -0.120. The normalized spacial score (nSPS) is 20.9. The van der Waals surface area contributed by atoms with Crippen molar-refractivity contribution in [1.29, 1.82) is 0 Å². The lowest BCUT2D eigenvalue weighted by Gasteiger charge is -2.39. The van der Waals surface area contributed by atoms with E-state index in [0.29, 0.717) is 17.9 Å². The van der Waals surface area contributed by atoms with Crippen LogP contribution in [0.1, 0.15) is 51.5 Å². The molecule has 9 nitrogen and oxygen atoms in total. The Morgan fingerprint density at radius 3 is 2.50 bits per heavy atom. The van der Waals surface area contributed by atoms with Crippen LogP contribution in [0.3, 0.4) is 0 Å². The van der Waals surface area contributed by atoms with Crippen molar-refractivity contribution in [3.05, 3.63) is 54.1 Å². The van der Waals surface area contributed by atoms with Gasteiger partial charge < -0.3 is 21.3 Å². The van der Waals surface area contributed by atoms with Gasteiger partial charge in [0.2, 0.25) is 21.8 Å². The smallest absolute Gasteiger partial charge is 0.243 e. The van der Waals surface area contributed by atoms with E-state index in [2.05, 4.69) is 32.4 Å². The van der Waals surface area contributed by atoms with Gasteiger partial charge in [-0.25, -0.2) is 8.42 Å². The highest BCUT2D eigenvalue weighted by molar-refractivity contribution is 7.89. The molecule has 2 aliphatic heterocycles. The molecule has 2 aromatic carbocycles. The molecule has 2 aliphatic rings. The quantitative estimate of drug-likeness (QED) is 0.366. The largest absolute Gasteiger partial charge is 0.368 e. The lowest BCUT2D eigenvalue weighted by Crippen LogP contribution is -2.48. The summed E-state index contributed by atoms with van der Waals surface area (Å²) >= 11 is 0. The van der Waals surface area contributed by atoms with Crippen molar-refractivity contribution in [3.63, 3.8) is 0 Å². The zero-order chi connectivity index (χ0) is 27.3. The summed E-state index contributed by atoms with van der Waals surface area (Å²) in [5.41, 5.74) is 7.68. The average Bonchev–Trinajstić information content (AvgIpc) is 3.43. The maximum absolute atomic E-state index is 13.8. The van der Waals surface area contributed by atoms with E-state index < -0.39 is 22.0 Å². The van der Waals surface area contributed by atoms with E-state index >= 15 is 0 Å². The third-order valence-corrected chi connectivity index (χ3v) is 8.87. The molecule has 0 radical (unpaired) electrons. The molecule has 3 atom stereocenters. The Labute approximate surface area is 225 Å². The van der Waals surface area contributed by atoms with Gasteiger partial charge in [0, 0.05) is 18.3 Å². The number of hydrogen-bond acceptors (Lipinski definition) is 6. The number of amides is 2. The van der Waals surface area contributed by atoms with Crippen LogP contribution in [0.25, 0.3) is 0 Å². The molecule has 206 valence electrons. The number of carbonyl (C=O) groups is 2. The van der Waals surface area contributed by atoms with Gasteiger partial charge in [0.15, 0.2) is 0 Å². The summed E-state index contributed by atoms with van der Waals surface area (Å²) in [5.74, 6) is -1.26. The lowest BCUT2D eigenvalue weighted by atomic mass is 9.95. The highest BCUT2D eigenvalue weighted by Gasteiger charge is 2.33. The maximum Gasteiger partial charge on any atom is 0.243 e. The highest BCUT2D eigenvalue weighted by Crippen LogP contribution is 2.34. The molecular weight excluding hydrogens is 502 g/mol. The molecule has 0 saturated carbocycles. The number of rotatable bonds is 10. The molecule has 2 heterocycles. The number of carbonyl (C=O) groups excluding carboxylic acids is 2. The van der Waals surface area contributed by atoms with Crippen molar-refractivity contribution in [3.8, 4) is 0 Å². The SMILES string of the molecule is CC(C)C(NS(=O)(=O)c1cc(NC(=O)C2CCCN2)ccc1N1CCCCC1Cc1ccccc1)C(N)=O. The van der Waals surface area contributed by atoms with Crippen LogP contribution >= 0.6 is 0 Å². The topological polar surface area (TPSA) is 134 Å². The number of nitrogens with two attached hydrogens (primary N) is 1. The molecule has 38 heavy (non-hydrogen) atoms. The summed E-state index contributed by atoms with van der Waals surface area (Å²) in [5, 5.41) is 6.03. The van der Waals surface area contributed by atoms with Crippen LogP contribution in [0.2, 0.25) is 0 Å². The molecule has 2 fully saturated rings. The Hall–Kier alpha value is -2.95. The Kier molecular flexibility index (Phi) is 9.07. The first kappa shape index (κ1) is 28.1. The zero-order valence-corrected chi connectivity index (χ0v) is 23.0. The third kappa shape index (κ3) is 6.73. The van der Waals surface area contributed by atoms with E-state index in [0.717, 1.165) is 45.1 Å². The first-order valence-corrected chi connectivity index (χ1v) is 14.9. The van der Waals surface area contributed by atoms with E-state index in [1.54, 1.807) is 26.0 Å². The second-order valence-corrected chi connectivity index (χ2v) is 12.3. The van der Waals surface area contributed by atoms with E-state index in [4.69, 9.17) is 5.73 Å². The minimum Gasteiger partial charge on any atom is -0.368 e. The first-order chi connectivity index (χ1) is 18.2.